The van der Waals surface area contributed by atoms with E-state index >= 15 is 0 Å². The van der Waals surface area contributed by atoms with Crippen LogP contribution in [0.3, 0.4) is 0 Å². The first-order valence-corrected chi connectivity index (χ1v) is 8.01. The lowest BCUT2D eigenvalue weighted by Gasteiger charge is -2.28. The van der Waals surface area contributed by atoms with Gasteiger partial charge in [0.1, 0.15) is 0 Å². The van der Waals surface area contributed by atoms with E-state index in [2.05, 4.69) is 40.2 Å². The van der Waals surface area contributed by atoms with Crippen molar-refractivity contribution in [2.45, 2.75) is 38.8 Å². The summed E-state index contributed by atoms with van der Waals surface area (Å²) in [7, 11) is 2.01. The van der Waals surface area contributed by atoms with E-state index in [4.69, 9.17) is 0 Å². The summed E-state index contributed by atoms with van der Waals surface area (Å²) in [5, 5.41) is 3.23. The molecule has 0 spiro atoms. The average molecular weight is 273 g/mol. The van der Waals surface area contributed by atoms with Crippen LogP contribution in [0.1, 0.15) is 30.4 Å². The molecule has 0 radical (unpaired) electrons. The van der Waals surface area contributed by atoms with Gasteiger partial charge in [0.05, 0.1) is 0 Å². The first-order chi connectivity index (χ1) is 9.78. The van der Waals surface area contributed by atoms with Gasteiger partial charge in [0, 0.05) is 37.9 Å². The third-order valence-corrected chi connectivity index (χ3v) is 4.79. The van der Waals surface area contributed by atoms with Gasteiger partial charge < -0.3 is 10.2 Å². The van der Waals surface area contributed by atoms with Gasteiger partial charge in [-0.2, -0.15) is 0 Å². The number of aryl methyl sites for hydroxylation is 1. The predicted molar refractivity (Wildman–Crippen MR) is 85.4 cm³/mol. The number of rotatable bonds is 3. The predicted octanol–water partition coefficient (Wildman–Crippen LogP) is 2.39. The molecule has 0 aromatic heterocycles. The summed E-state index contributed by atoms with van der Waals surface area (Å²) in [6, 6.07) is 7.72. The number of fused-ring (bicyclic) bond motifs is 1. The summed E-state index contributed by atoms with van der Waals surface area (Å²) in [4.78, 5) is 5.32. The minimum atomic E-state index is 0.786. The quantitative estimate of drug-likeness (QED) is 0.912. The molecular weight excluding hydrogens is 246 g/mol. The van der Waals surface area contributed by atoms with Crippen molar-refractivity contribution in [1.29, 1.82) is 0 Å². The van der Waals surface area contributed by atoms with Crippen molar-refractivity contribution < 1.29 is 0 Å². The Hall–Kier alpha value is -1.06. The van der Waals surface area contributed by atoms with Crippen molar-refractivity contribution in [2.75, 3.05) is 38.1 Å². The summed E-state index contributed by atoms with van der Waals surface area (Å²) >= 11 is 0. The molecule has 1 aromatic rings. The molecule has 3 heteroatoms. The Morgan fingerprint density at radius 2 is 2.05 bits per heavy atom. The van der Waals surface area contributed by atoms with Crippen molar-refractivity contribution in [3.63, 3.8) is 0 Å². The molecule has 2 fully saturated rings. The monoisotopic (exact) mass is 273 g/mol. The van der Waals surface area contributed by atoms with Crippen LogP contribution in [0.25, 0.3) is 0 Å². The fourth-order valence-corrected chi connectivity index (χ4v) is 3.81. The highest BCUT2D eigenvalue weighted by Crippen LogP contribution is 2.27. The Labute approximate surface area is 123 Å². The Balaban J connectivity index is 1.77. The average Bonchev–Trinajstić information content (AvgIpc) is 2.77. The van der Waals surface area contributed by atoms with E-state index in [0.717, 1.165) is 12.6 Å². The standard InChI is InChI=1S/C17H27N3/c1-14-11-15(12-18-2)6-7-17(14)20-10-4-9-19-8-3-5-16(19)13-20/h6-7,11,16,18H,3-5,8-10,12-13H2,1-2H3. The van der Waals surface area contributed by atoms with E-state index in [9.17, 15) is 0 Å². The lowest BCUT2D eigenvalue weighted by molar-refractivity contribution is 0.273. The van der Waals surface area contributed by atoms with Gasteiger partial charge in [-0.1, -0.05) is 12.1 Å². The number of benzene rings is 1. The summed E-state index contributed by atoms with van der Waals surface area (Å²) in [6.07, 6.45) is 4.07. The minimum absolute atomic E-state index is 0.786. The second-order valence-corrected chi connectivity index (χ2v) is 6.28. The number of nitrogens with one attached hydrogen (secondary N) is 1. The normalized spacial score (nSPS) is 23.7. The van der Waals surface area contributed by atoms with Gasteiger partial charge in [-0.05, 0) is 57.0 Å². The van der Waals surface area contributed by atoms with Gasteiger partial charge in [0.2, 0.25) is 0 Å². The Kier molecular flexibility index (Phi) is 4.27. The van der Waals surface area contributed by atoms with Crippen LogP contribution in [0.2, 0.25) is 0 Å². The smallest absolute Gasteiger partial charge is 0.0396 e. The van der Waals surface area contributed by atoms with Crippen LogP contribution in [0.5, 0.6) is 0 Å². The zero-order chi connectivity index (χ0) is 13.9. The molecule has 20 heavy (non-hydrogen) atoms. The molecule has 0 amide bonds. The third kappa shape index (κ3) is 2.84. The van der Waals surface area contributed by atoms with Gasteiger partial charge in [-0.15, -0.1) is 0 Å². The Bertz CT molecular complexity index is 458. The zero-order valence-electron chi connectivity index (χ0n) is 12.9. The van der Waals surface area contributed by atoms with Crippen molar-refractivity contribution in [1.82, 2.24) is 10.2 Å². The van der Waals surface area contributed by atoms with Crippen molar-refractivity contribution >= 4 is 5.69 Å². The highest BCUT2D eigenvalue weighted by atomic mass is 15.3. The molecule has 1 atom stereocenters. The van der Waals surface area contributed by atoms with Crippen LogP contribution in [0.4, 0.5) is 5.69 Å². The van der Waals surface area contributed by atoms with Crippen LogP contribution < -0.4 is 10.2 Å². The summed E-state index contributed by atoms with van der Waals surface area (Å²) in [5.74, 6) is 0. The van der Waals surface area contributed by atoms with E-state index in [0.29, 0.717) is 0 Å². The van der Waals surface area contributed by atoms with Crippen molar-refractivity contribution in [2.24, 2.45) is 0 Å². The molecule has 0 saturated carbocycles. The fourth-order valence-electron chi connectivity index (χ4n) is 3.81. The molecule has 2 heterocycles. The minimum Gasteiger partial charge on any atom is -0.370 e. The largest absolute Gasteiger partial charge is 0.370 e. The van der Waals surface area contributed by atoms with Crippen molar-refractivity contribution in [3.05, 3.63) is 29.3 Å². The molecule has 1 N–H and O–H groups in total. The van der Waals surface area contributed by atoms with Crippen LogP contribution in [-0.2, 0) is 6.54 Å². The van der Waals surface area contributed by atoms with Gasteiger partial charge in [-0.25, -0.2) is 0 Å². The molecule has 3 rings (SSSR count). The number of hydrogen-bond acceptors (Lipinski definition) is 3. The van der Waals surface area contributed by atoms with Crippen molar-refractivity contribution in [3.8, 4) is 0 Å². The first-order valence-electron chi connectivity index (χ1n) is 8.01. The molecule has 0 aliphatic carbocycles. The highest BCUT2D eigenvalue weighted by Gasteiger charge is 2.29. The molecule has 110 valence electrons. The fraction of sp³-hybridized carbons (Fsp3) is 0.647. The molecule has 2 aliphatic heterocycles. The number of hydrogen-bond donors (Lipinski definition) is 1. The highest BCUT2D eigenvalue weighted by molar-refractivity contribution is 5.54. The van der Waals surface area contributed by atoms with Gasteiger partial charge in [0.15, 0.2) is 0 Å². The molecule has 2 aliphatic rings. The van der Waals surface area contributed by atoms with Crippen LogP contribution in [0.15, 0.2) is 18.2 Å². The molecular formula is C17H27N3. The second kappa shape index (κ2) is 6.15. The third-order valence-electron chi connectivity index (χ3n) is 4.79. The summed E-state index contributed by atoms with van der Waals surface area (Å²) < 4.78 is 0. The van der Waals surface area contributed by atoms with Crippen LogP contribution >= 0.6 is 0 Å². The van der Waals surface area contributed by atoms with Crippen LogP contribution in [-0.4, -0.2) is 44.2 Å². The van der Waals surface area contributed by atoms with Gasteiger partial charge in [0.25, 0.3) is 0 Å². The molecule has 0 bridgehead atoms. The maximum Gasteiger partial charge on any atom is 0.0396 e. The Morgan fingerprint density at radius 1 is 1.20 bits per heavy atom. The van der Waals surface area contributed by atoms with Gasteiger partial charge in [-0.3, -0.25) is 4.90 Å². The van der Waals surface area contributed by atoms with E-state index in [1.165, 1.54) is 62.3 Å². The molecule has 1 aromatic carbocycles. The van der Waals surface area contributed by atoms with E-state index < -0.39 is 0 Å². The molecule has 1 unspecified atom stereocenters. The maximum atomic E-state index is 3.23. The van der Waals surface area contributed by atoms with E-state index in [1.54, 1.807) is 0 Å². The number of anilines is 1. The topological polar surface area (TPSA) is 18.5 Å². The first kappa shape index (κ1) is 13.9. The number of nitrogens with zero attached hydrogens (tertiary/aromatic N) is 2. The SMILES string of the molecule is CNCc1ccc(N2CCCN3CCCC3C2)c(C)c1. The zero-order valence-corrected chi connectivity index (χ0v) is 12.9. The lowest BCUT2D eigenvalue weighted by atomic mass is 10.1. The molecule has 3 nitrogen and oxygen atoms in total. The second-order valence-electron chi connectivity index (χ2n) is 6.28. The molecule has 2 saturated heterocycles. The van der Waals surface area contributed by atoms with E-state index in [1.807, 2.05) is 7.05 Å². The van der Waals surface area contributed by atoms with Crippen LogP contribution in [0, 0.1) is 6.92 Å². The van der Waals surface area contributed by atoms with Gasteiger partial charge >= 0.3 is 0 Å². The summed E-state index contributed by atoms with van der Waals surface area (Å²) in [6.45, 7) is 8.24. The summed E-state index contributed by atoms with van der Waals surface area (Å²) in [5.41, 5.74) is 4.24. The van der Waals surface area contributed by atoms with E-state index in [-0.39, 0.29) is 0 Å². The lowest BCUT2D eigenvalue weighted by Crippen LogP contribution is -2.36. The Morgan fingerprint density at radius 3 is 2.85 bits per heavy atom. The maximum absolute atomic E-state index is 3.23.